The normalized spacial score (nSPS) is 23.8. The fourth-order valence-electron chi connectivity index (χ4n) is 3.15. The molecule has 2 amide bonds. The highest BCUT2D eigenvalue weighted by molar-refractivity contribution is 5.90. The number of rotatable bonds is 4. The number of carbonyl (C=O) groups is 2. The van der Waals surface area contributed by atoms with Crippen LogP contribution in [-0.4, -0.2) is 24.4 Å². The molecule has 2 aliphatic rings. The van der Waals surface area contributed by atoms with E-state index in [2.05, 4.69) is 34.9 Å². The van der Waals surface area contributed by atoms with E-state index in [9.17, 15) is 9.59 Å². The molecule has 3 rings (SSSR count). The third-order valence-corrected chi connectivity index (χ3v) is 4.61. The van der Waals surface area contributed by atoms with E-state index in [1.165, 1.54) is 12.0 Å². The highest BCUT2D eigenvalue weighted by Crippen LogP contribution is 2.43. The van der Waals surface area contributed by atoms with Crippen molar-refractivity contribution >= 4 is 11.8 Å². The summed E-state index contributed by atoms with van der Waals surface area (Å²) in [5, 5.41) is 5.75. The number of hydrogen-bond acceptors (Lipinski definition) is 2. The van der Waals surface area contributed by atoms with Crippen LogP contribution in [0.2, 0.25) is 0 Å². The lowest BCUT2D eigenvalue weighted by molar-refractivity contribution is -0.126. The molecule has 1 saturated carbocycles. The van der Waals surface area contributed by atoms with Crippen molar-refractivity contribution in [3.05, 3.63) is 35.9 Å². The molecule has 0 spiro atoms. The fourth-order valence-corrected chi connectivity index (χ4v) is 3.15. The molecule has 20 heavy (non-hydrogen) atoms. The summed E-state index contributed by atoms with van der Waals surface area (Å²) in [6.45, 7) is 0.669. The molecule has 4 nitrogen and oxygen atoms in total. The Morgan fingerprint density at radius 1 is 1.30 bits per heavy atom. The largest absolute Gasteiger partial charge is 0.353 e. The van der Waals surface area contributed by atoms with E-state index in [-0.39, 0.29) is 23.3 Å². The molecule has 1 saturated heterocycles. The third kappa shape index (κ3) is 2.42. The monoisotopic (exact) mass is 272 g/mol. The van der Waals surface area contributed by atoms with Gasteiger partial charge in [0, 0.05) is 18.4 Å². The van der Waals surface area contributed by atoms with Crippen molar-refractivity contribution in [3.8, 4) is 0 Å². The Balaban J connectivity index is 1.62. The van der Waals surface area contributed by atoms with Gasteiger partial charge in [0.1, 0.15) is 6.04 Å². The second-order valence-electron chi connectivity index (χ2n) is 5.88. The Morgan fingerprint density at radius 2 is 2.05 bits per heavy atom. The summed E-state index contributed by atoms with van der Waals surface area (Å²) in [5.41, 5.74) is 1.40. The molecule has 106 valence electrons. The first-order valence-electron chi connectivity index (χ1n) is 7.32. The molecular formula is C16H20N2O2. The maximum atomic E-state index is 12.1. The Hall–Kier alpha value is -1.84. The van der Waals surface area contributed by atoms with Gasteiger partial charge in [0.2, 0.25) is 11.8 Å². The molecule has 2 N–H and O–H groups in total. The molecule has 1 aromatic rings. The second-order valence-corrected chi connectivity index (χ2v) is 5.88. The van der Waals surface area contributed by atoms with Crippen LogP contribution in [0.4, 0.5) is 0 Å². The van der Waals surface area contributed by atoms with E-state index < -0.39 is 0 Å². The van der Waals surface area contributed by atoms with Crippen LogP contribution in [0.25, 0.3) is 0 Å². The van der Waals surface area contributed by atoms with Crippen LogP contribution < -0.4 is 10.6 Å². The van der Waals surface area contributed by atoms with Gasteiger partial charge >= 0.3 is 0 Å². The van der Waals surface area contributed by atoms with E-state index in [0.29, 0.717) is 19.4 Å². The molecule has 4 heteroatoms. The van der Waals surface area contributed by atoms with Crippen LogP contribution in [0, 0.1) is 0 Å². The average Bonchev–Trinajstić information content (AvgIpc) is 2.85. The molecule has 1 aromatic carbocycles. The van der Waals surface area contributed by atoms with Gasteiger partial charge < -0.3 is 10.6 Å². The summed E-state index contributed by atoms with van der Waals surface area (Å²) in [4.78, 5) is 23.2. The average molecular weight is 272 g/mol. The zero-order chi connectivity index (χ0) is 14.0. The summed E-state index contributed by atoms with van der Waals surface area (Å²) in [6.07, 6.45) is 4.53. The van der Waals surface area contributed by atoms with Gasteiger partial charge in [-0.15, -0.1) is 0 Å². The minimum absolute atomic E-state index is 0.0217. The summed E-state index contributed by atoms with van der Waals surface area (Å²) in [5.74, 6) is -0.0652. The fraction of sp³-hybridized carbons (Fsp3) is 0.500. The van der Waals surface area contributed by atoms with Crippen molar-refractivity contribution < 1.29 is 9.59 Å². The minimum atomic E-state index is -0.338. The molecule has 1 atom stereocenters. The molecule has 0 radical (unpaired) electrons. The number of hydrogen-bond donors (Lipinski definition) is 2. The van der Waals surface area contributed by atoms with Crippen molar-refractivity contribution in [1.29, 1.82) is 0 Å². The van der Waals surface area contributed by atoms with Crippen LogP contribution in [0.1, 0.15) is 37.7 Å². The number of nitrogens with one attached hydrogen (secondary N) is 2. The van der Waals surface area contributed by atoms with Gasteiger partial charge in [0.15, 0.2) is 0 Å². The maximum absolute atomic E-state index is 12.1. The van der Waals surface area contributed by atoms with Crippen LogP contribution in [0.3, 0.4) is 0 Å². The first-order valence-corrected chi connectivity index (χ1v) is 7.32. The maximum Gasteiger partial charge on any atom is 0.242 e. The summed E-state index contributed by atoms with van der Waals surface area (Å²) in [7, 11) is 0. The Labute approximate surface area is 118 Å². The first kappa shape index (κ1) is 13.2. The summed E-state index contributed by atoms with van der Waals surface area (Å²) < 4.78 is 0. The van der Waals surface area contributed by atoms with E-state index in [0.717, 1.165) is 12.8 Å². The minimum Gasteiger partial charge on any atom is -0.353 e. The molecule has 1 heterocycles. The zero-order valence-corrected chi connectivity index (χ0v) is 11.5. The Bertz CT molecular complexity index is 508. The highest BCUT2D eigenvalue weighted by atomic mass is 16.2. The van der Waals surface area contributed by atoms with Gasteiger partial charge in [0.25, 0.3) is 0 Å². The quantitative estimate of drug-likeness (QED) is 0.872. The smallest absolute Gasteiger partial charge is 0.242 e. The van der Waals surface area contributed by atoms with E-state index in [1.807, 2.05) is 6.07 Å². The van der Waals surface area contributed by atoms with E-state index in [1.54, 1.807) is 0 Å². The number of amides is 2. The van der Waals surface area contributed by atoms with Crippen LogP contribution in [0.15, 0.2) is 30.3 Å². The molecular weight excluding hydrogens is 252 g/mol. The first-order chi connectivity index (χ1) is 9.70. The van der Waals surface area contributed by atoms with E-state index >= 15 is 0 Å². The topological polar surface area (TPSA) is 58.2 Å². The lowest BCUT2D eigenvalue weighted by Gasteiger charge is -2.42. The zero-order valence-electron chi connectivity index (χ0n) is 11.5. The third-order valence-electron chi connectivity index (χ3n) is 4.61. The molecule has 1 unspecified atom stereocenters. The van der Waals surface area contributed by atoms with Gasteiger partial charge in [0.05, 0.1) is 0 Å². The number of carbonyl (C=O) groups excluding carboxylic acids is 2. The molecule has 1 aliphatic heterocycles. The second kappa shape index (κ2) is 5.27. The predicted molar refractivity (Wildman–Crippen MR) is 76.1 cm³/mol. The van der Waals surface area contributed by atoms with Gasteiger partial charge in [-0.25, -0.2) is 0 Å². The lowest BCUT2D eigenvalue weighted by Crippen LogP contribution is -2.49. The summed E-state index contributed by atoms with van der Waals surface area (Å²) in [6, 6.07) is 10.1. The van der Waals surface area contributed by atoms with E-state index in [4.69, 9.17) is 0 Å². The van der Waals surface area contributed by atoms with Crippen LogP contribution in [-0.2, 0) is 15.0 Å². The van der Waals surface area contributed by atoms with Gasteiger partial charge in [-0.1, -0.05) is 36.8 Å². The molecule has 1 aliphatic carbocycles. The van der Waals surface area contributed by atoms with Gasteiger partial charge in [-0.2, -0.15) is 0 Å². The van der Waals surface area contributed by atoms with Crippen molar-refractivity contribution in [2.45, 2.75) is 43.6 Å². The number of benzene rings is 1. The SMILES string of the molecule is O=C1CCC(C(=O)NCC2(c3ccccc3)CCC2)N1. The van der Waals surface area contributed by atoms with Crippen molar-refractivity contribution in [2.24, 2.45) is 0 Å². The van der Waals surface area contributed by atoms with Gasteiger partial charge in [-0.05, 0) is 24.8 Å². The summed E-state index contributed by atoms with van der Waals surface area (Å²) >= 11 is 0. The van der Waals surface area contributed by atoms with Crippen LogP contribution in [0.5, 0.6) is 0 Å². The van der Waals surface area contributed by atoms with Crippen molar-refractivity contribution in [2.75, 3.05) is 6.54 Å². The molecule has 2 fully saturated rings. The lowest BCUT2D eigenvalue weighted by atomic mass is 9.64. The van der Waals surface area contributed by atoms with Gasteiger partial charge in [-0.3, -0.25) is 9.59 Å². The van der Waals surface area contributed by atoms with Crippen molar-refractivity contribution in [1.82, 2.24) is 10.6 Å². The molecule has 0 aromatic heterocycles. The predicted octanol–water partition coefficient (Wildman–Crippen LogP) is 1.50. The Morgan fingerprint density at radius 3 is 2.60 bits per heavy atom. The van der Waals surface area contributed by atoms with Crippen LogP contribution >= 0.6 is 0 Å². The Kier molecular flexibility index (Phi) is 3.47. The van der Waals surface area contributed by atoms with Crippen molar-refractivity contribution in [3.63, 3.8) is 0 Å². The standard InChI is InChI=1S/C16H20N2O2/c19-14-8-7-13(18-14)15(20)17-11-16(9-4-10-16)12-5-2-1-3-6-12/h1-3,5-6,13H,4,7-11H2,(H,17,20)(H,18,19). The highest BCUT2D eigenvalue weighted by Gasteiger charge is 2.39. The molecule has 0 bridgehead atoms.